The van der Waals surface area contributed by atoms with E-state index in [0.717, 1.165) is 40.6 Å². The lowest BCUT2D eigenvalue weighted by molar-refractivity contribution is 0.669. The number of fused-ring (bicyclic) bond motifs is 10. The van der Waals surface area contributed by atoms with Crippen LogP contribution in [-0.4, -0.2) is 6.54 Å². The van der Waals surface area contributed by atoms with Crippen molar-refractivity contribution in [3.63, 3.8) is 0 Å². The first-order valence-corrected chi connectivity index (χ1v) is 14.2. The number of hydrogen-bond acceptors (Lipinski definition) is 3. The van der Waals surface area contributed by atoms with E-state index in [1.165, 1.54) is 50.6 Å². The quantitative estimate of drug-likeness (QED) is 0.223. The molecule has 0 unspecified atom stereocenters. The summed E-state index contributed by atoms with van der Waals surface area (Å²) in [6.07, 6.45) is 1.03. The number of anilines is 5. The molecule has 41 heavy (non-hydrogen) atoms. The van der Waals surface area contributed by atoms with Crippen LogP contribution in [0.3, 0.4) is 0 Å². The first kappa shape index (κ1) is 22.5. The molecule has 0 spiro atoms. The maximum Gasteiger partial charge on any atom is 0.135 e. The second-order valence-electron chi connectivity index (χ2n) is 10.9. The number of rotatable bonds is 2. The van der Waals surface area contributed by atoms with Crippen molar-refractivity contribution >= 4 is 50.4 Å². The molecule has 0 amide bonds. The summed E-state index contributed by atoms with van der Waals surface area (Å²) in [5, 5.41) is 2.27. The third-order valence-corrected chi connectivity index (χ3v) is 8.67. The summed E-state index contributed by atoms with van der Waals surface area (Å²) in [5.41, 5.74) is 14.3. The Hall–Kier alpha value is -5.28. The second-order valence-corrected chi connectivity index (χ2v) is 10.9. The Morgan fingerprint density at radius 1 is 0.512 bits per heavy atom. The number of hydrogen-bond donors (Lipinski definition) is 0. The highest BCUT2D eigenvalue weighted by atomic mass is 16.3. The van der Waals surface area contributed by atoms with E-state index < -0.39 is 0 Å². The zero-order valence-corrected chi connectivity index (χ0v) is 22.4. The van der Waals surface area contributed by atoms with Gasteiger partial charge in [0, 0.05) is 39.8 Å². The summed E-state index contributed by atoms with van der Waals surface area (Å²) in [5.74, 6) is 0. The largest absolute Gasteiger partial charge is 0.456 e. The average molecular weight is 527 g/mol. The van der Waals surface area contributed by atoms with Gasteiger partial charge in [-0.15, -0.1) is 0 Å². The van der Waals surface area contributed by atoms with E-state index in [2.05, 4.69) is 131 Å². The fraction of sp³-hybridized carbons (Fsp3) is 0.0526. The molecule has 0 bridgehead atoms. The van der Waals surface area contributed by atoms with Gasteiger partial charge in [0.2, 0.25) is 0 Å². The summed E-state index contributed by atoms with van der Waals surface area (Å²) in [6, 6.07) is 48.1. The molecule has 3 heterocycles. The minimum absolute atomic E-state index is 0.908. The summed E-state index contributed by atoms with van der Waals surface area (Å²) in [7, 11) is 0. The third kappa shape index (κ3) is 3.26. The summed E-state index contributed by atoms with van der Waals surface area (Å²) in [4.78, 5) is 4.96. The molecule has 0 atom stereocenters. The van der Waals surface area contributed by atoms with Crippen molar-refractivity contribution in [2.75, 3.05) is 16.3 Å². The van der Waals surface area contributed by atoms with Gasteiger partial charge in [0.1, 0.15) is 11.2 Å². The zero-order chi connectivity index (χ0) is 26.9. The van der Waals surface area contributed by atoms with Crippen LogP contribution < -0.4 is 9.80 Å². The Morgan fingerprint density at radius 2 is 1.24 bits per heavy atom. The molecule has 0 saturated carbocycles. The standard InChI is InChI=1S/C38H26N2O/c1-2-10-26(11-3-1)39-23-22-25-18-20-34-37(38(25)39)31-15-5-4-12-28(31)29-13-6-8-16-33(29)40(34)27-19-21-36-32(24-27)30-14-7-9-17-35(30)41-36/h1-21,24H,22-23H2. The lowest BCUT2D eigenvalue weighted by Gasteiger charge is -2.30. The molecule has 0 saturated heterocycles. The molecule has 194 valence electrons. The van der Waals surface area contributed by atoms with Gasteiger partial charge in [0.25, 0.3) is 0 Å². The van der Waals surface area contributed by atoms with Crippen LogP contribution in [0.2, 0.25) is 0 Å². The molecule has 6 aromatic carbocycles. The van der Waals surface area contributed by atoms with Crippen LogP contribution in [0, 0.1) is 0 Å². The second kappa shape index (κ2) is 8.61. The van der Waals surface area contributed by atoms with Crippen molar-refractivity contribution in [2.24, 2.45) is 0 Å². The van der Waals surface area contributed by atoms with Crippen molar-refractivity contribution < 1.29 is 4.42 Å². The molecule has 9 rings (SSSR count). The Bertz CT molecular complexity index is 2120. The maximum absolute atomic E-state index is 6.21. The van der Waals surface area contributed by atoms with Gasteiger partial charge in [-0.2, -0.15) is 0 Å². The van der Waals surface area contributed by atoms with Gasteiger partial charge < -0.3 is 14.2 Å². The molecule has 0 fully saturated rings. The number of benzene rings is 6. The van der Waals surface area contributed by atoms with Crippen molar-refractivity contribution in [2.45, 2.75) is 6.42 Å². The first-order chi connectivity index (χ1) is 20.3. The van der Waals surface area contributed by atoms with Crippen LogP contribution in [0.4, 0.5) is 28.4 Å². The van der Waals surface area contributed by atoms with E-state index in [4.69, 9.17) is 4.42 Å². The number of nitrogens with zero attached hydrogens (tertiary/aromatic N) is 2. The molecular weight excluding hydrogens is 500 g/mol. The van der Waals surface area contributed by atoms with Crippen LogP contribution in [0.15, 0.2) is 138 Å². The minimum atomic E-state index is 0.908. The Balaban J connectivity index is 1.38. The molecule has 3 nitrogen and oxygen atoms in total. The van der Waals surface area contributed by atoms with E-state index in [-0.39, 0.29) is 0 Å². The molecule has 0 aliphatic carbocycles. The Morgan fingerprint density at radius 3 is 2.15 bits per heavy atom. The van der Waals surface area contributed by atoms with Gasteiger partial charge in [-0.25, -0.2) is 0 Å². The predicted molar refractivity (Wildman–Crippen MR) is 170 cm³/mol. The molecule has 7 aromatic rings. The lowest BCUT2D eigenvalue weighted by atomic mass is 9.92. The van der Waals surface area contributed by atoms with Gasteiger partial charge in [-0.3, -0.25) is 0 Å². The van der Waals surface area contributed by atoms with Crippen molar-refractivity contribution in [1.82, 2.24) is 0 Å². The van der Waals surface area contributed by atoms with Crippen LogP contribution in [0.5, 0.6) is 0 Å². The fourth-order valence-electron chi connectivity index (χ4n) is 6.89. The van der Waals surface area contributed by atoms with Gasteiger partial charge >= 0.3 is 0 Å². The Kier molecular flexibility index (Phi) is 4.73. The number of para-hydroxylation sites is 3. The predicted octanol–water partition coefficient (Wildman–Crippen LogP) is 10.4. The highest BCUT2D eigenvalue weighted by Gasteiger charge is 2.33. The molecule has 3 heteroatoms. The number of furan rings is 1. The monoisotopic (exact) mass is 526 g/mol. The van der Waals surface area contributed by atoms with Crippen LogP contribution >= 0.6 is 0 Å². The topological polar surface area (TPSA) is 19.6 Å². The zero-order valence-electron chi connectivity index (χ0n) is 22.4. The molecule has 1 aromatic heterocycles. The van der Waals surface area contributed by atoms with Crippen molar-refractivity contribution in [1.29, 1.82) is 0 Å². The van der Waals surface area contributed by atoms with Crippen molar-refractivity contribution in [3.8, 4) is 22.3 Å². The van der Waals surface area contributed by atoms with Gasteiger partial charge in [0.05, 0.1) is 17.1 Å². The minimum Gasteiger partial charge on any atom is -0.456 e. The average Bonchev–Trinajstić information content (AvgIpc) is 3.60. The molecule has 0 N–H and O–H groups in total. The van der Waals surface area contributed by atoms with E-state index >= 15 is 0 Å². The SMILES string of the molecule is c1ccc(N2CCc3ccc4c(c32)-c2ccccc2-c2ccccc2N4c2ccc3oc4ccccc4c3c2)cc1. The van der Waals surface area contributed by atoms with E-state index in [1.807, 2.05) is 12.1 Å². The third-order valence-electron chi connectivity index (χ3n) is 8.67. The fourth-order valence-corrected chi connectivity index (χ4v) is 6.89. The van der Waals surface area contributed by atoms with E-state index in [9.17, 15) is 0 Å². The summed E-state index contributed by atoms with van der Waals surface area (Å²) >= 11 is 0. The maximum atomic E-state index is 6.21. The van der Waals surface area contributed by atoms with E-state index in [0.29, 0.717) is 0 Å². The van der Waals surface area contributed by atoms with Crippen molar-refractivity contribution in [3.05, 3.63) is 139 Å². The van der Waals surface area contributed by atoms with Crippen LogP contribution in [0.25, 0.3) is 44.2 Å². The highest BCUT2D eigenvalue weighted by Crippen LogP contribution is 2.56. The van der Waals surface area contributed by atoms with Gasteiger partial charge in [-0.1, -0.05) is 84.9 Å². The van der Waals surface area contributed by atoms with Gasteiger partial charge in [-0.05, 0) is 71.6 Å². The van der Waals surface area contributed by atoms with E-state index in [1.54, 1.807) is 0 Å². The Labute approximate surface area is 238 Å². The molecular formula is C38H26N2O. The first-order valence-electron chi connectivity index (χ1n) is 14.2. The van der Waals surface area contributed by atoms with Gasteiger partial charge in [0.15, 0.2) is 0 Å². The smallest absolute Gasteiger partial charge is 0.135 e. The summed E-state index contributed by atoms with van der Waals surface area (Å²) < 4.78 is 6.21. The van der Waals surface area contributed by atoms with Crippen LogP contribution in [-0.2, 0) is 6.42 Å². The lowest BCUT2D eigenvalue weighted by Crippen LogP contribution is -2.15. The normalized spacial score (nSPS) is 13.6. The van der Waals surface area contributed by atoms with Crippen LogP contribution in [0.1, 0.15) is 5.56 Å². The molecule has 2 aliphatic rings. The molecule has 2 aliphatic heterocycles. The highest BCUT2D eigenvalue weighted by molar-refractivity contribution is 6.10. The molecule has 0 radical (unpaired) electrons. The summed E-state index contributed by atoms with van der Waals surface area (Å²) in [6.45, 7) is 0.970.